The average molecular weight is 321 g/mol. The molecular formula is C14H13BrN2O2. The molecule has 19 heavy (non-hydrogen) atoms. The van der Waals surface area contributed by atoms with E-state index in [0.29, 0.717) is 22.4 Å². The molecule has 4 nitrogen and oxygen atoms in total. The fraction of sp³-hybridized carbons (Fsp3) is 0.0714. The van der Waals surface area contributed by atoms with Gasteiger partial charge in [0.05, 0.1) is 0 Å². The van der Waals surface area contributed by atoms with E-state index in [1.165, 1.54) is 0 Å². The minimum Gasteiger partial charge on any atom is -0.489 e. The van der Waals surface area contributed by atoms with Crippen molar-refractivity contribution in [2.75, 3.05) is 0 Å². The van der Waals surface area contributed by atoms with Crippen molar-refractivity contribution in [1.82, 2.24) is 0 Å². The third-order valence-corrected chi connectivity index (χ3v) is 3.23. The van der Waals surface area contributed by atoms with Crippen molar-refractivity contribution < 1.29 is 9.94 Å². The fourth-order valence-corrected chi connectivity index (χ4v) is 2.15. The molecule has 2 rings (SSSR count). The number of hydrogen-bond donors (Lipinski definition) is 2. The number of halogens is 1. The second-order valence-corrected chi connectivity index (χ2v) is 4.76. The second kappa shape index (κ2) is 6.24. The Morgan fingerprint density at radius 2 is 1.95 bits per heavy atom. The van der Waals surface area contributed by atoms with E-state index < -0.39 is 0 Å². The van der Waals surface area contributed by atoms with E-state index in [9.17, 15) is 0 Å². The van der Waals surface area contributed by atoms with Gasteiger partial charge >= 0.3 is 0 Å². The first-order valence-corrected chi connectivity index (χ1v) is 6.44. The van der Waals surface area contributed by atoms with Gasteiger partial charge in [-0.15, -0.1) is 0 Å². The van der Waals surface area contributed by atoms with Gasteiger partial charge in [0.15, 0.2) is 5.84 Å². The Hall–Kier alpha value is -2.01. The number of rotatable bonds is 4. The lowest BCUT2D eigenvalue weighted by molar-refractivity contribution is 0.306. The van der Waals surface area contributed by atoms with Crippen LogP contribution in [0.2, 0.25) is 0 Å². The molecule has 2 aromatic carbocycles. The quantitative estimate of drug-likeness (QED) is 0.393. The Bertz CT molecular complexity index is 585. The molecular weight excluding hydrogens is 308 g/mol. The molecule has 3 N–H and O–H groups in total. The summed E-state index contributed by atoms with van der Waals surface area (Å²) >= 11 is 3.36. The van der Waals surface area contributed by atoms with E-state index in [0.717, 1.165) is 5.56 Å². The summed E-state index contributed by atoms with van der Waals surface area (Å²) in [5.41, 5.74) is 7.26. The maximum absolute atomic E-state index is 8.64. The van der Waals surface area contributed by atoms with Crippen LogP contribution in [0.25, 0.3) is 0 Å². The number of benzene rings is 2. The Balaban J connectivity index is 2.09. The van der Waals surface area contributed by atoms with Gasteiger partial charge in [0, 0.05) is 10.0 Å². The molecule has 0 heterocycles. The minimum atomic E-state index is 0.0569. The van der Waals surface area contributed by atoms with Crippen LogP contribution < -0.4 is 10.5 Å². The van der Waals surface area contributed by atoms with Gasteiger partial charge in [-0.3, -0.25) is 0 Å². The molecule has 0 atom stereocenters. The standard InChI is InChI=1S/C14H13BrN2O2/c15-13-8-11(6-7-12(13)14(16)17-18)19-9-10-4-2-1-3-5-10/h1-8,18H,9H2,(H2,16,17). The van der Waals surface area contributed by atoms with E-state index in [2.05, 4.69) is 21.1 Å². The van der Waals surface area contributed by atoms with E-state index in [1.807, 2.05) is 30.3 Å². The highest BCUT2D eigenvalue weighted by Gasteiger charge is 2.06. The summed E-state index contributed by atoms with van der Waals surface area (Å²) in [6.07, 6.45) is 0. The van der Waals surface area contributed by atoms with Gasteiger partial charge in [-0.25, -0.2) is 0 Å². The van der Waals surface area contributed by atoms with Crippen molar-refractivity contribution in [3.05, 3.63) is 64.1 Å². The largest absolute Gasteiger partial charge is 0.489 e. The molecule has 0 aliphatic carbocycles. The summed E-state index contributed by atoms with van der Waals surface area (Å²) < 4.78 is 6.38. The molecule has 0 unspecified atom stereocenters. The summed E-state index contributed by atoms with van der Waals surface area (Å²) in [5.74, 6) is 0.770. The van der Waals surface area contributed by atoms with Crippen molar-refractivity contribution in [2.24, 2.45) is 10.9 Å². The number of nitrogens with zero attached hydrogens (tertiary/aromatic N) is 1. The third kappa shape index (κ3) is 3.48. The first kappa shape index (κ1) is 13.4. The van der Waals surface area contributed by atoms with E-state index in [1.54, 1.807) is 18.2 Å². The molecule has 0 aromatic heterocycles. The van der Waals surface area contributed by atoms with Crippen LogP contribution in [0.4, 0.5) is 0 Å². The lowest BCUT2D eigenvalue weighted by Gasteiger charge is -2.08. The van der Waals surface area contributed by atoms with Crippen molar-refractivity contribution >= 4 is 21.8 Å². The highest BCUT2D eigenvalue weighted by molar-refractivity contribution is 9.10. The highest BCUT2D eigenvalue weighted by Crippen LogP contribution is 2.23. The van der Waals surface area contributed by atoms with Crippen LogP contribution in [0.5, 0.6) is 5.75 Å². The van der Waals surface area contributed by atoms with Gasteiger partial charge in [0.2, 0.25) is 0 Å². The lowest BCUT2D eigenvalue weighted by atomic mass is 10.2. The molecule has 0 amide bonds. The van der Waals surface area contributed by atoms with Crippen molar-refractivity contribution in [2.45, 2.75) is 6.61 Å². The van der Waals surface area contributed by atoms with E-state index in [4.69, 9.17) is 15.7 Å². The van der Waals surface area contributed by atoms with Gasteiger partial charge in [-0.1, -0.05) is 35.5 Å². The van der Waals surface area contributed by atoms with Gasteiger partial charge in [0.1, 0.15) is 12.4 Å². The number of amidine groups is 1. The fourth-order valence-electron chi connectivity index (χ4n) is 1.59. The Labute approximate surface area is 119 Å². The van der Waals surface area contributed by atoms with E-state index in [-0.39, 0.29) is 5.84 Å². The summed E-state index contributed by atoms with van der Waals surface area (Å²) in [7, 11) is 0. The zero-order valence-electron chi connectivity index (χ0n) is 10.1. The summed E-state index contributed by atoms with van der Waals surface area (Å²) in [6.45, 7) is 0.496. The average Bonchev–Trinajstić information content (AvgIpc) is 2.45. The van der Waals surface area contributed by atoms with Crippen LogP contribution in [0.15, 0.2) is 58.2 Å². The Morgan fingerprint density at radius 3 is 2.58 bits per heavy atom. The van der Waals surface area contributed by atoms with Crippen molar-refractivity contribution in [1.29, 1.82) is 0 Å². The Kier molecular flexibility index (Phi) is 4.41. The topological polar surface area (TPSA) is 67.8 Å². The summed E-state index contributed by atoms with van der Waals surface area (Å²) in [4.78, 5) is 0. The number of ether oxygens (including phenoxy) is 1. The summed E-state index contributed by atoms with van der Waals surface area (Å²) in [6, 6.07) is 15.2. The molecule has 98 valence electrons. The van der Waals surface area contributed by atoms with E-state index >= 15 is 0 Å². The third-order valence-electron chi connectivity index (χ3n) is 2.57. The van der Waals surface area contributed by atoms with Crippen LogP contribution in [0.1, 0.15) is 11.1 Å². The molecule has 5 heteroatoms. The molecule has 0 aliphatic rings. The molecule has 0 radical (unpaired) electrons. The molecule has 0 spiro atoms. The summed E-state index contributed by atoms with van der Waals surface area (Å²) in [5, 5.41) is 11.6. The van der Waals surface area contributed by atoms with Crippen LogP contribution in [0, 0.1) is 0 Å². The lowest BCUT2D eigenvalue weighted by Crippen LogP contribution is -2.13. The molecule has 0 bridgehead atoms. The van der Waals surface area contributed by atoms with Gasteiger partial charge < -0.3 is 15.7 Å². The first-order valence-electron chi connectivity index (χ1n) is 5.65. The Morgan fingerprint density at radius 1 is 1.21 bits per heavy atom. The predicted octanol–water partition coefficient (Wildman–Crippen LogP) is 3.12. The zero-order chi connectivity index (χ0) is 13.7. The van der Waals surface area contributed by atoms with Crippen LogP contribution in [-0.2, 0) is 6.61 Å². The van der Waals surface area contributed by atoms with Gasteiger partial charge in [-0.05, 0) is 39.7 Å². The van der Waals surface area contributed by atoms with Gasteiger partial charge in [0.25, 0.3) is 0 Å². The number of nitrogens with two attached hydrogens (primary N) is 1. The predicted molar refractivity (Wildman–Crippen MR) is 77.4 cm³/mol. The molecule has 0 saturated carbocycles. The SMILES string of the molecule is N/C(=N/O)c1ccc(OCc2ccccc2)cc1Br. The molecule has 2 aromatic rings. The number of oxime groups is 1. The van der Waals surface area contributed by atoms with Gasteiger partial charge in [-0.2, -0.15) is 0 Å². The smallest absolute Gasteiger partial charge is 0.171 e. The van der Waals surface area contributed by atoms with Crippen LogP contribution in [0.3, 0.4) is 0 Å². The van der Waals surface area contributed by atoms with Crippen molar-refractivity contribution in [3.63, 3.8) is 0 Å². The van der Waals surface area contributed by atoms with Crippen LogP contribution in [-0.4, -0.2) is 11.0 Å². The second-order valence-electron chi connectivity index (χ2n) is 3.90. The van der Waals surface area contributed by atoms with Crippen molar-refractivity contribution in [3.8, 4) is 5.75 Å². The minimum absolute atomic E-state index is 0.0569. The molecule has 0 fully saturated rings. The molecule has 0 aliphatic heterocycles. The normalized spacial score (nSPS) is 11.3. The monoisotopic (exact) mass is 320 g/mol. The number of hydrogen-bond acceptors (Lipinski definition) is 3. The van der Waals surface area contributed by atoms with Crippen LogP contribution >= 0.6 is 15.9 Å². The zero-order valence-corrected chi connectivity index (χ0v) is 11.7. The maximum Gasteiger partial charge on any atom is 0.171 e. The highest BCUT2D eigenvalue weighted by atomic mass is 79.9. The first-order chi connectivity index (χ1) is 9.20. The molecule has 0 saturated heterocycles. The maximum atomic E-state index is 8.64.